The lowest BCUT2D eigenvalue weighted by atomic mass is 10.0. The van der Waals surface area contributed by atoms with E-state index in [1.165, 1.54) is 11.1 Å². The molecule has 7 nitrogen and oxygen atoms in total. The smallest absolute Gasteiger partial charge is 0.320 e. The van der Waals surface area contributed by atoms with Crippen LogP contribution in [0, 0.1) is 27.7 Å². The minimum atomic E-state index is -0.735. The average molecular weight is 522 g/mol. The average Bonchev–Trinajstić information content (AvgIpc) is 2.87. The van der Waals surface area contributed by atoms with Crippen LogP contribution in [0.4, 0.5) is 0 Å². The van der Waals surface area contributed by atoms with E-state index in [-0.39, 0.29) is 25.3 Å². The van der Waals surface area contributed by atoms with E-state index in [1.807, 2.05) is 38.1 Å². The van der Waals surface area contributed by atoms with Gasteiger partial charge in [-0.3, -0.25) is 0 Å². The van der Waals surface area contributed by atoms with Gasteiger partial charge in [-0.1, -0.05) is 73.7 Å². The van der Waals surface area contributed by atoms with Gasteiger partial charge in [0.15, 0.2) is 11.6 Å². The van der Waals surface area contributed by atoms with Crippen LogP contribution in [0.15, 0.2) is 36.4 Å². The molecule has 2 aromatic carbocycles. The Labute approximate surface area is 227 Å². The molecule has 0 saturated carbocycles. The van der Waals surface area contributed by atoms with E-state index in [0.29, 0.717) is 31.1 Å². The van der Waals surface area contributed by atoms with Crippen molar-refractivity contribution in [3.8, 4) is 28.8 Å². The third-order valence-corrected chi connectivity index (χ3v) is 6.59. The summed E-state index contributed by atoms with van der Waals surface area (Å²) < 4.78 is 11.9. The number of nitrogens with zero attached hydrogens (tertiary/aromatic N) is 3. The Bertz CT molecular complexity index is 1090. The Morgan fingerprint density at radius 1 is 0.816 bits per heavy atom. The molecular formula is C31H43N3O4. The summed E-state index contributed by atoms with van der Waals surface area (Å²) in [5, 5.41) is 19.9. The molecule has 0 spiro atoms. The van der Waals surface area contributed by atoms with Crippen LogP contribution < -0.4 is 4.74 Å². The lowest BCUT2D eigenvalue weighted by Crippen LogP contribution is -2.27. The number of benzene rings is 2. The lowest BCUT2D eigenvalue weighted by Gasteiger charge is -2.21. The van der Waals surface area contributed by atoms with E-state index in [0.717, 1.165) is 47.9 Å². The zero-order valence-corrected chi connectivity index (χ0v) is 23.5. The first-order valence-corrected chi connectivity index (χ1v) is 13.7. The first-order valence-electron chi connectivity index (χ1n) is 13.7. The van der Waals surface area contributed by atoms with E-state index in [1.54, 1.807) is 0 Å². The molecule has 2 N–H and O–H groups in total. The molecule has 0 aliphatic carbocycles. The molecule has 0 amide bonds. The van der Waals surface area contributed by atoms with Gasteiger partial charge in [0.2, 0.25) is 0 Å². The molecule has 1 heterocycles. The minimum Gasteiger partial charge on any atom is -0.461 e. The van der Waals surface area contributed by atoms with Crippen LogP contribution in [0.25, 0.3) is 22.8 Å². The topological polar surface area (TPSA) is 97.6 Å². The number of unbranched alkanes of at least 4 members (excludes halogenated alkanes) is 2. The van der Waals surface area contributed by atoms with Crippen LogP contribution in [-0.2, 0) is 4.74 Å². The Kier molecular flexibility index (Phi) is 11.6. The fourth-order valence-corrected chi connectivity index (χ4v) is 4.54. The van der Waals surface area contributed by atoms with E-state index < -0.39 is 6.10 Å². The first kappa shape index (κ1) is 29.7. The van der Waals surface area contributed by atoms with Gasteiger partial charge in [0, 0.05) is 30.8 Å². The second-order valence-electron chi connectivity index (χ2n) is 10.2. The fraction of sp³-hybridized carbons (Fsp3) is 0.516. The molecule has 2 atom stereocenters. The quantitative estimate of drug-likeness (QED) is 0.240. The monoisotopic (exact) mass is 521 g/mol. The Morgan fingerprint density at radius 3 is 1.95 bits per heavy atom. The standard InChI is InChI=1S/C31H43N3O4/c1-6-7-8-10-26(37-16-9-15-35)19-25(36)20-38-31-33-29(27-13-11-21(2)17-23(27)4)32-30(34-31)28-14-12-22(3)18-24(28)5/h11-14,17-18,25-26,35-36H,6-10,15-16,19-20H2,1-5H3. The van der Waals surface area contributed by atoms with Crippen LogP contribution in [0.2, 0.25) is 0 Å². The summed E-state index contributed by atoms with van der Waals surface area (Å²) in [5.41, 5.74) is 6.33. The largest absolute Gasteiger partial charge is 0.461 e. The van der Waals surface area contributed by atoms with Crippen molar-refractivity contribution in [1.82, 2.24) is 15.0 Å². The van der Waals surface area contributed by atoms with Crippen LogP contribution in [-0.4, -0.2) is 57.2 Å². The zero-order valence-electron chi connectivity index (χ0n) is 23.5. The van der Waals surface area contributed by atoms with Gasteiger partial charge < -0.3 is 19.7 Å². The van der Waals surface area contributed by atoms with Gasteiger partial charge in [0.25, 0.3) is 0 Å². The summed E-state index contributed by atoms with van der Waals surface area (Å²) in [7, 11) is 0. The van der Waals surface area contributed by atoms with Gasteiger partial charge >= 0.3 is 6.01 Å². The number of aliphatic hydroxyl groups is 2. The van der Waals surface area contributed by atoms with Gasteiger partial charge in [-0.15, -0.1) is 0 Å². The maximum Gasteiger partial charge on any atom is 0.320 e. The number of aliphatic hydroxyl groups excluding tert-OH is 2. The normalized spacial score (nSPS) is 12.9. The number of rotatable bonds is 15. The zero-order chi connectivity index (χ0) is 27.5. The third kappa shape index (κ3) is 8.86. The van der Waals surface area contributed by atoms with Crippen LogP contribution in [0.5, 0.6) is 6.01 Å². The molecule has 0 bridgehead atoms. The van der Waals surface area contributed by atoms with Crippen molar-refractivity contribution in [3.05, 3.63) is 58.7 Å². The van der Waals surface area contributed by atoms with Crippen molar-refractivity contribution in [2.24, 2.45) is 0 Å². The van der Waals surface area contributed by atoms with Gasteiger partial charge in [-0.05, 0) is 51.7 Å². The fourth-order valence-electron chi connectivity index (χ4n) is 4.54. The van der Waals surface area contributed by atoms with Crippen molar-refractivity contribution in [2.75, 3.05) is 19.8 Å². The van der Waals surface area contributed by atoms with Crippen LogP contribution >= 0.6 is 0 Å². The Hall–Kier alpha value is -2.87. The third-order valence-electron chi connectivity index (χ3n) is 6.59. The van der Waals surface area contributed by atoms with Crippen molar-refractivity contribution in [1.29, 1.82) is 0 Å². The molecule has 3 rings (SSSR count). The number of hydrogen-bond acceptors (Lipinski definition) is 7. The second-order valence-corrected chi connectivity index (χ2v) is 10.2. The Morgan fingerprint density at radius 2 is 1.42 bits per heavy atom. The van der Waals surface area contributed by atoms with Gasteiger partial charge in [-0.2, -0.15) is 9.97 Å². The molecule has 7 heteroatoms. The van der Waals surface area contributed by atoms with Crippen LogP contribution in [0.3, 0.4) is 0 Å². The highest BCUT2D eigenvalue weighted by molar-refractivity contribution is 5.66. The van der Waals surface area contributed by atoms with E-state index in [4.69, 9.17) is 19.6 Å². The maximum absolute atomic E-state index is 10.8. The maximum atomic E-state index is 10.8. The summed E-state index contributed by atoms with van der Waals surface area (Å²) in [4.78, 5) is 14.1. The molecular weight excluding hydrogens is 478 g/mol. The van der Waals surface area contributed by atoms with Crippen molar-refractivity contribution >= 4 is 0 Å². The molecule has 1 aromatic heterocycles. The molecule has 38 heavy (non-hydrogen) atoms. The van der Waals surface area contributed by atoms with E-state index >= 15 is 0 Å². The highest BCUT2D eigenvalue weighted by Crippen LogP contribution is 2.27. The second kappa shape index (κ2) is 14.9. The van der Waals surface area contributed by atoms with Crippen molar-refractivity contribution in [3.63, 3.8) is 0 Å². The molecule has 0 aliphatic heterocycles. The molecule has 0 saturated heterocycles. The molecule has 0 radical (unpaired) electrons. The number of aryl methyl sites for hydroxylation is 4. The summed E-state index contributed by atoms with van der Waals surface area (Å²) in [6, 6.07) is 12.5. The number of aromatic nitrogens is 3. The molecule has 2 unspecified atom stereocenters. The predicted octanol–water partition coefficient (Wildman–Crippen LogP) is 5.92. The van der Waals surface area contributed by atoms with E-state index in [2.05, 4.69) is 42.9 Å². The first-order chi connectivity index (χ1) is 18.3. The Balaban J connectivity index is 1.82. The van der Waals surface area contributed by atoms with Gasteiger partial charge in [0.1, 0.15) is 6.61 Å². The SMILES string of the molecule is CCCCCC(CC(O)COc1nc(-c2ccc(C)cc2C)nc(-c2ccc(C)cc2C)n1)OCCCO. The molecule has 3 aromatic rings. The lowest BCUT2D eigenvalue weighted by molar-refractivity contribution is -0.00872. The molecule has 0 aliphatic rings. The molecule has 206 valence electrons. The van der Waals surface area contributed by atoms with E-state index in [9.17, 15) is 5.11 Å². The van der Waals surface area contributed by atoms with Crippen molar-refractivity contribution < 1.29 is 19.7 Å². The highest BCUT2D eigenvalue weighted by atomic mass is 16.5. The summed E-state index contributed by atoms with van der Waals surface area (Å²) in [6.45, 7) is 11.0. The minimum absolute atomic E-state index is 0.0519. The van der Waals surface area contributed by atoms with Crippen molar-refractivity contribution in [2.45, 2.75) is 85.4 Å². The van der Waals surface area contributed by atoms with Crippen LogP contribution in [0.1, 0.15) is 67.7 Å². The van der Waals surface area contributed by atoms with Gasteiger partial charge in [-0.25, -0.2) is 4.98 Å². The number of ether oxygens (including phenoxy) is 2. The number of hydrogen-bond donors (Lipinski definition) is 2. The summed E-state index contributed by atoms with van der Waals surface area (Å²) >= 11 is 0. The molecule has 0 fully saturated rings. The summed E-state index contributed by atoms with van der Waals surface area (Å²) in [6.07, 6.45) is 4.39. The van der Waals surface area contributed by atoms with Gasteiger partial charge in [0.05, 0.1) is 12.2 Å². The predicted molar refractivity (Wildman–Crippen MR) is 151 cm³/mol. The highest BCUT2D eigenvalue weighted by Gasteiger charge is 2.19. The summed E-state index contributed by atoms with van der Waals surface area (Å²) in [5.74, 6) is 1.09.